The largest absolute Gasteiger partial charge is 0.507 e. The Morgan fingerprint density at radius 2 is 1.87 bits per heavy atom. The Morgan fingerprint density at radius 3 is 2.61 bits per heavy atom. The zero-order chi connectivity index (χ0) is 22.3. The van der Waals surface area contributed by atoms with Gasteiger partial charge >= 0.3 is 5.69 Å². The number of phenols is 2. The summed E-state index contributed by atoms with van der Waals surface area (Å²) in [6.45, 7) is 3.96. The normalized spacial score (nSPS) is 11.5. The highest BCUT2D eigenvalue weighted by atomic mass is 79.9. The van der Waals surface area contributed by atoms with Gasteiger partial charge in [-0.05, 0) is 61.4 Å². The molecule has 0 spiro atoms. The summed E-state index contributed by atoms with van der Waals surface area (Å²) >= 11 is 3.19. The molecule has 0 unspecified atom stereocenters. The van der Waals surface area contributed by atoms with Gasteiger partial charge in [0.1, 0.15) is 11.3 Å². The number of phenolic OH excluding ortho intramolecular Hbond substituents is 2. The molecule has 31 heavy (non-hydrogen) atoms. The van der Waals surface area contributed by atoms with E-state index in [1.807, 2.05) is 26.0 Å². The van der Waals surface area contributed by atoms with Crippen LogP contribution in [0, 0.1) is 24.0 Å². The Kier molecular flexibility index (Phi) is 5.20. The molecule has 0 amide bonds. The minimum absolute atomic E-state index is 0.0279. The first-order chi connectivity index (χ1) is 14.7. The van der Waals surface area contributed by atoms with Crippen LogP contribution in [0.4, 0.5) is 11.4 Å². The highest BCUT2D eigenvalue weighted by molar-refractivity contribution is 9.10. The number of aryl methyl sites for hydroxylation is 2. The van der Waals surface area contributed by atoms with Gasteiger partial charge in [0.15, 0.2) is 5.58 Å². The number of hydrogen-bond donors (Lipinski definition) is 2. The minimum atomic E-state index is -0.674. The highest BCUT2D eigenvalue weighted by Gasteiger charge is 2.18. The first kappa shape index (κ1) is 20.5. The van der Waals surface area contributed by atoms with Crippen LogP contribution in [0.1, 0.15) is 16.7 Å². The zero-order valence-electron chi connectivity index (χ0n) is 16.5. The van der Waals surface area contributed by atoms with E-state index in [-0.39, 0.29) is 17.2 Å². The van der Waals surface area contributed by atoms with Gasteiger partial charge in [-0.25, -0.2) is 4.98 Å². The fraction of sp³-hybridized carbons (Fsp3) is 0.0909. The summed E-state index contributed by atoms with van der Waals surface area (Å²) in [5.74, 6) is -0.268. The van der Waals surface area contributed by atoms with Crippen molar-refractivity contribution in [3.05, 3.63) is 73.7 Å². The molecular weight excluding hydrogens is 466 g/mol. The molecule has 4 aromatic rings. The number of halogens is 1. The predicted octanol–water partition coefficient (Wildman–Crippen LogP) is 5.94. The van der Waals surface area contributed by atoms with E-state index in [4.69, 9.17) is 4.42 Å². The van der Waals surface area contributed by atoms with Crippen LogP contribution in [0.3, 0.4) is 0 Å². The molecule has 0 radical (unpaired) electrons. The smallest absolute Gasteiger partial charge is 0.312 e. The van der Waals surface area contributed by atoms with Gasteiger partial charge in [0.05, 0.1) is 16.2 Å². The molecular formula is C22H16BrN3O5. The summed E-state index contributed by atoms with van der Waals surface area (Å²) in [6, 6.07) is 11.1. The summed E-state index contributed by atoms with van der Waals surface area (Å²) in [4.78, 5) is 19.2. The van der Waals surface area contributed by atoms with E-state index < -0.39 is 16.4 Å². The molecule has 0 aliphatic heterocycles. The molecule has 0 saturated carbocycles. The molecule has 1 aromatic heterocycles. The van der Waals surface area contributed by atoms with Gasteiger partial charge in [0, 0.05) is 22.3 Å². The maximum absolute atomic E-state index is 11.1. The zero-order valence-corrected chi connectivity index (χ0v) is 18.0. The van der Waals surface area contributed by atoms with E-state index >= 15 is 0 Å². The second kappa shape index (κ2) is 7.84. The van der Waals surface area contributed by atoms with Crippen LogP contribution in [-0.2, 0) is 0 Å². The van der Waals surface area contributed by atoms with Crippen molar-refractivity contribution < 1.29 is 19.6 Å². The van der Waals surface area contributed by atoms with Gasteiger partial charge in [-0.2, -0.15) is 0 Å². The van der Waals surface area contributed by atoms with Crippen LogP contribution in [-0.4, -0.2) is 26.3 Å². The second-order valence-corrected chi connectivity index (χ2v) is 7.92. The van der Waals surface area contributed by atoms with Crippen molar-refractivity contribution in [1.82, 2.24) is 4.98 Å². The predicted molar refractivity (Wildman–Crippen MR) is 120 cm³/mol. The number of aliphatic imine (C=N–C) groups is 1. The van der Waals surface area contributed by atoms with Crippen molar-refractivity contribution in [1.29, 1.82) is 0 Å². The van der Waals surface area contributed by atoms with Crippen molar-refractivity contribution in [2.24, 2.45) is 4.99 Å². The Hall–Kier alpha value is -3.72. The third-order valence-corrected chi connectivity index (χ3v) is 5.31. The highest BCUT2D eigenvalue weighted by Crippen LogP contribution is 2.36. The number of aromatic hydroxyl groups is 2. The van der Waals surface area contributed by atoms with Gasteiger partial charge in [-0.15, -0.1) is 0 Å². The van der Waals surface area contributed by atoms with E-state index in [1.54, 1.807) is 12.1 Å². The number of aromatic nitrogens is 1. The summed E-state index contributed by atoms with van der Waals surface area (Å²) in [7, 11) is 0. The number of nitro benzene ring substituents is 1. The van der Waals surface area contributed by atoms with Crippen molar-refractivity contribution in [2.45, 2.75) is 13.8 Å². The van der Waals surface area contributed by atoms with Gasteiger partial charge in [0.25, 0.3) is 0 Å². The minimum Gasteiger partial charge on any atom is -0.507 e. The molecule has 156 valence electrons. The molecule has 0 aliphatic rings. The third kappa shape index (κ3) is 3.99. The number of nitrogens with zero attached hydrogens (tertiary/aromatic N) is 3. The number of rotatable bonds is 4. The average molecular weight is 482 g/mol. The van der Waals surface area contributed by atoms with Crippen LogP contribution in [0.2, 0.25) is 0 Å². The van der Waals surface area contributed by atoms with Gasteiger partial charge in [-0.3, -0.25) is 15.1 Å². The van der Waals surface area contributed by atoms with E-state index in [0.29, 0.717) is 26.8 Å². The number of oxazole rings is 1. The molecule has 0 bridgehead atoms. The number of nitro groups is 1. The Bertz CT molecular complexity index is 1340. The molecule has 1 heterocycles. The lowest BCUT2D eigenvalue weighted by molar-refractivity contribution is -0.385. The first-order valence-corrected chi connectivity index (χ1v) is 9.94. The molecule has 0 fully saturated rings. The van der Waals surface area contributed by atoms with Crippen LogP contribution < -0.4 is 0 Å². The monoisotopic (exact) mass is 481 g/mol. The SMILES string of the molecule is Cc1cc2nc(-c3cc(N=Cc4cc(Br)cc([N+](=O)[O-])c4O)ccc3O)oc2cc1C. The lowest BCUT2D eigenvalue weighted by Gasteiger charge is -2.03. The van der Waals surface area contributed by atoms with Crippen molar-refractivity contribution in [2.75, 3.05) is 0 Å². The molecule has 4 rings (SSSR count). The average Bonchev–Trinajstić information content (AvgIpc) is 3.11. The molecule has 2 N–H and O–H groups in total. The molecule has 8 nitrogen and oxygen atoms in total. The van der Waals surface area contributed by atoms with Gasteiger partial charge in [0.2, 0.25) is 11.6 Å². The fourth-order valence-electron chi connectivity index (χ4n) is 3.06. The van der Waals surface area contributed by atoms with Crippen LogP contribution in [0.25, 0.3) is 22.6 Å². The van der Waals surface area contributed by atoms with Crippen LogP contribution in [0.5, 0.6) is 11.5 Å². The Morgan fingerprint density at radius 1 is 1.13 bits per heavy atom. The second-order valence-electron chi connectivity index (χ2n) is 7.00. The summed E-state index contributed by atoms with van der Waals surface area (Å²) in [5, 5.41) is 31.5. The van der Waals surface area contributed by atoms with Crippen molar-refractivity contribution in [3.8, 4) is 23.0 Å². The molecule has 0 aliphatic carbocycles. The lowest BCUT2D eigenvalue weighted by atomic mass is 10.1. The standard InChI is InChI=1S/C22H16BrN3O5/c1-11-5-17-20(6-12(11)2)31-22(25-17)16-9-15(3-4-19(16)27)24-10-13-7-14(23)8-18(21(13)28)26(29)30/h3-10,27-28H,1-2H3. The number of benzene rings is 3. The Balaban J connectivity index is 1.73. The van der Waals surface area contributed by atoms with Crippen molar-refractivity contribution >= 4 is 44.6 Å². The van der Waals surface area contributed by atoms with E-state index in [1.165, 1.54) is 24.4 Å². The topological polar surface area (TPSA) is 122 Å². The van der Waals surface area contributed by atoms with Crippen molar-refractivity contribution in [3.63, 3.8) is 0 Å². The molecule has 0 saturated heterocycles. The first-order valence-electron chi connectivity index (χ1n) is 9.15. The molecule has 9 heteroatoms. The molecule has 0 atom stereocenters. The van der Waals surface area contributed by atoms with Gasteiger partial charge in [-0.1, -0.05) is 15.9 Å². The lowest BCUT2D eigenvalue weighted by Crippen LogP contribution is -1.92. The number of fused-ring (bicyclic) bond motifs is 1. The van der Waals surface area contributed by atoms with Crippen LogP contribution in [0.15, 0.2) is 56.3 Å². The van der Waals surface area contributed by atoms with E-state index in [0.717, 1.165) is 11.1 Å². The maximum atomic E-state index is 11.1. The molecule has 3 aromatic carbocycles. The van der Waals surface area contributed by atoms with Crippen LogP contribution >= 0.6 is 15.9 Å². The maximum Gasteiger partial charge on any atom is 0.312 e. The quantitative estimate of drug-likeness (QED) is 0.211. The summed E-state index contributed by atoms with van der Waals surface area (Å²) in [5.41, 5.74) is 3.96. The van der Waals surface area contributed by atoms with E-state index in [9.17, 15) is 20.3 Å². The summed E-state index contributed by atoms with van der Waals surface area (Å²) in [6.07, 6.45) is 1.31. The van der Waals surface area contributed by atoms with Gasteiger partial charge < -0.3 is 14.6 Å². The Labute approximate surface area is 184 Å². The summed E-state index contributed by atoms with van der Waals surface area (Å²) < 4.78 is 6.25. The fourth-order valence-corrected chi connectivity index (χ4v) is 3.52. The third-order valence-electron chi connectivity index (χ3n) is 4.85. The van der Waals surface area contributed by atoms with E-state index in [2.05, 4.69) is 25.9 Å². The number of hydrogen-bond acceptors (Lipinski definition) is 7.